The van der Waals surface area contributed by atoms with Crippen LogP contribution in [0, 0.1) is 0 Å². The molecule has 1 heterocycles. The van der Waals surface area contributed by atoms with Crippen LogP contribution in [-0.4, -0.2) is 30.6 Å². The van der Waals surface area contributed by atoms with E-state index in [-0.39, 0.29) is 5.84 Å². The molecule has 0 aliphatic carbocycles. The molecule has 1 amide bonds. The first-order chi connectivity index (χ1) is 14.7. The Hall–Kier alpha value is -3.39. The van der Waals surface area contributed by atoms with Crippen LogP contribution >= 0.6 is 11.3 Å². The fourth-order valence-electron chi connectivity index (χ4n) is 2.82. The van der Waals surface area contributed by atoms with Crippen LogP contribution in [0.4, 0.5) is 4.79 Å². The quantitative estimate of drug-likeness (QED) is 0.346. The number of methoxy groups -OCH3 is 1. The summed E-state index contributed by atoms with van der Waals surface area (Å²) in [6, 6.07) is 16.4. The van der Waals surface area contributed by atoms with Gasteiger partial charge >= 0.3 is 12.1 Å². The highest BCUT2D eigenvalue weighted by molar-refractivity contribution is 7.21. The Balaban J connectivity index is 1.93. The van der Waals surface area contributed by atoms with Crippen molar-refractivity contribution < 1.29 is 23.8 Å². The topological polar surface area (TPSA) is 100 Å². The second-order valence-corrected chi connectivity index (χ2v) is 8.77. The molecule has 0 radical (unpaired) electrons. The number of amides is 1. The van der Waals surface area contributed by atoms with Crippen molar-refractivity contribution in [2.45, 2.75) is 32.5 Å². The Morgan fingerprint density at radius 2 is 1.77 bits per heavy atom. The fourth-order valence-corrected chi connectivity index (χ4v) is 3.80. The molecule has 0 aliphatic rings. The maximum absolute atomic E-state index is 12.4. The number of esters is 1. The first-order valence-corrected chi connectivity index (χ1v) is 10.4. The van der Waals surface area contributed by atoms with Gasteiger partial charge in [0.15, 0.2) is 0 Å². The molecule has 2 aromatic carbocycles. The van der Waals surface area contributed by atoms with Gasteiger partial charge in [-0.25, -0.2) is 9.59 Å². The summed E-state index contributed by atoms with van der Waals surface area (Å²) in [7, 11) is 1.32. The number of hydrogen-bond donors (Lipinski definition) is 1. The van der Waals surface area contributed by atoms with E-state index in [1.165, 1.54) is 18.4 Å². The van der Waals surface area contributed by atoms with Crippen LogP contribution < -0.4 is 10.5 Å². The van der Waals surface area contributed by atoms with Crippen molar-refractivity contribution in [3.05, 3.63) is 65.0 Å². The third kappa shape index (κ3) is 5.61. The molecule has 31 heavy (non-hydrogen) atoms. The summed E-state index contributed by atoms with van der Waals surface area (Å²) in [6.07, 6.45) is -1.68. The summed E-state index contributed by atoms with van der Waals surface area (Å²) >= 11 is 1.36. The zero-order valence-electron chi connectivity index (χ0n) is 17.7. The van der Waals surface area contributed by atoms with Gasteiger partial charge in [-0.1, -0.05) is 36.4 Å². The van der Waals surface area contributed by atoms with E-state index in [2.05, 4.69) is 4.99 Å². The lowest BCUT2D eigenvalue weighted by Gasteiger charge is -2.18. The number of ether oxygens (including phenoxy) is 3. The van der Waals surface area contributed by atoms with Gasteiger partial charge in [0, 0.05) is 15.6 Å². The van der Waals surface area contributed by atoms with E-state index in [1.54, 1.807) is 45.0 Å². The molecule has 3 rings (SSSR count). The number of amidine groups is 1. The van der Waals surface area contributed by atoms with Crippen LogP contribution in [0.3, 0.4) is 0 Å². The Kier molecular flexibility index (Phi) is 6.60. The second-order valence-electron chi connectivity index (χ2n) is 7.69. The highest BCUT2D eigenvalue weighted by Gasteiger charge is 2.25. The molecule has 3 aromatic rings. The summed E-state index contributed by atoms with van der Waals surface area (Å²) in [5.74, 6) is 0.0305. The van der Waals surface area contributed by atoms with Gasteiger partial charge in [-0.05, 0) is 39.0 Å². The maximum atomic E-state index is 12.4. The average Bonchev–Trinajstić information content (AvgIpc) is 3.16. The van der Waals surface area contributed by atoms with Crippen LogP contribution in [0.15, 0.2) is 59.6 Å². The highest BCUT2D eigenvalue weighted by atomic mass is 32.1. The minimum atomic E-state index is -0.923. The van der Waals surface area contributed by atoms with Crippen LogP contribution in [0.2, 0.25) is 0 Å². The molecular formula is C23H24N2O5S. The largest absolute Gasteiger partial charge is 0.473 e. The van der Waals surface area contributed by atoms with E-state index >= 15 is 0 Å². The number of rotatable bonds is 5. The van der Waals surface area contributed by atoms with Gasteiger partial charge in [0.1, 0.15) is 17.2 Å². The third-order valence-corrected chi connectivity index (χ3v) is 5.26. The number of nitrogens with two attached hydrogens (primary N) is 1. The maximum Gasteiger partial charge on any atom is 0.436 e. The first-order valence-electron chi connectivity index (χ1n) is 9.57. The van der Waals surface area contributed by atoms with Gasteiger partial charge < -0.3 is 19.9 Å². The van der Waals surface area contributed by atoms with Crippen molar-refractivity contribution in [1.29, 1.82) is 0 Å². The average molecular weight is 441 g/mol. The smallest absolute Gasteiger partial charge is 0.436 e. The van der Waals surface area contributed by atoms with E-state index in [1.807, 2.05) is 30.3 Å². The number of benzene rings is 2. The van der Waals surface area contributed by atoms with Crippen molar-refractivity contribution in [2.24, 2.45) is 10.7 Å². The zero-order chi connectivity index (χ0) is 22.6. The second kappa shape index (κ2) is 9.18. The molecule has 0 unspecified atom stereocenters. The monoisotopic (exact) mass is 440 g/mol. The molecule has 7 nitrogen and oxygen atoms in total. The molecular weight excluding hydrogens is 416 g/mol. The van der Waals surface area contributed by atoms with Crippen molar-refractivity contribution in [2.75, 3.05) is 7.11 Å². The van der Waals surface area contributed by atoms with E-state index in [9.17, 15) is 9.59 Å². The lowest BCUT2D eigenvalue weighted by atomic mass is 10.1. The Labute approximate surface area is 184 Å². The van der Waals surface area contributed by atoms with Crippen molar-refractivity contribution in [3.8, 4) is 5.75 Å². The lowest BCUT2D eigenvalue weighted by Crippen LogP contribution is -2.24. The summed E-state index contributed by atoms with van der Waals surface area (Å²) in [6.45, 7) is 5.26. The summed E-state index contributed by atoms with van der Waals surface area (Å²) in [4.78, 5) is 28.8. The molecule has 0 saturated heterocycles. The number of aliphatic imine (C=N–C) groups is 1. The summed E-state index contributed by atoms with van der Waals surface area (Å²) < 4.78 is 17.0. The number of hydrogen-bond acceptors (Lipinski definition) is 6. The summed E-state index contributed by atoms with van der Waals surface area (Å²) in [5, 5.41) is 0.745. The normalized spacial score (nSPS) is 13.0. The predicted molar refractivity (Wildman–Crippen MR) is 121 cm³/mol. The fraction of sp³-hybridized carbons (Fsp3) is 0.261. The van der Waals surface area contributed by atoms with E-state index < -0.39 is 23.8 Å². The van der Waals surface area contributed by atoms with Crippen molar-refractivity contribution in [1.82, 2.24) is 0 Å². The number of carbonyl (C=O) groups excluding carboxylic acids is 2. The number of nitrogens with zero attached hydrogens (tertiary/aromatic N) is 1. The Morgan fingerprint density at radius 1 is 1.06 bits per heavy atom. The molecule has 162 valence electrons. The zero-order valence-corrected chi connectivity index (χ0v) is 18.6. The van der Waals surface area contributed by atoms with Crippen molar-refractivity contribution >= 4 is 39.3 Å². The Morgan fingerprint density at radius 3 is 2.42 bits per heavy atom. The lowest BCUT2D eigenvalue weighted by molar-refractivity contribution is -0.149. The van der Waals surface area contributed by atoms with Gasteiger partial charge in [0.25, 0.3) is 0 Å². The predicted octanol–water partition coefficient (Wildman–Crippen LogP) is 4.83. The molecule has 1 aromatic heterocycles. The molecule has 1 atom stereocenters. The Bertz CT molecular complexity index is 1120. The van der Waals surface area contributed by atoms with Gasteiger partial charge in [0.2, 0.25) is 6.10 Å². The van der Waals surface area contributed by atoms with E-state index in [4.69, 9.17) is 19.9 Å². The van der Waals surface area contributed by atoms with E-state index in [0.29, 0.717) is 16.2 Å². The van der Waals surface area contributed by atoms with Crippen molar-refractivity contribution in [3.63, 3.8) is 0 Å². The van der Waals surface area contributed by atoms with Gasteiger partial charge in [-0.3, -0.25) is 0 Å². The SMILES string of the molecule is COC(=O)[C@@H](Oc1cccc2sc(C(N)=NC(=O)OC(C)(C)C)cc12)c1ccccc1. The first kappa shape index (κ1) is 22.3. The van der Waals surface area contributed by atoms with Gasteiger partial charge in [0.05, 0.1) is 12.0 Å². The number of fused-ring (bicyclic) bond motifs is 1. The van der Waals surface area contributed by atoms with Gasteiger partial charge in [-0.2, -0.15) is 4.99 Å². The summed E-state index contributed by atoms with van der Waals surface area (Å²) in [5.41, 5.74) is 6.05. The minimum Gasteiger partial charge on any atom is -0.473 e. The van der Waals surface area contributed by atoms with Crippen LogP contribution in [-0.2, 0) is 14.3 Å². The molecule has 0 saturated carbocycles. The van der Waals surface area contributed by atoms with Gasteiger partial charge in [-0.15, -0.1) is 11.3 Å². The number of thiophene rings is 1. The van der Waals surface area contributed by atoms with E-state index in [0.717, 1.165) is 10.1 Å². The minimum absolute atomic E-state index is 0.0500. The third-order valence-electron chi connectivity index (χ3n) is 4.14. The molecule has 2 N–H and O–H groups in total. The molecule has 0 aliphatic heterocycles. The molecule has 0 spiro atoms. The number of carbonyl (C=O) groups is 2. The molecule has 0 bridgehead atoms. The molecule has 0 fully saturated rings. The van der Waals surface area contributed by atoms with Crippen LogP contribution in [0.1, 0.15) is 37.3 Å². The standard InChI is InChI=1S/C23H24N2O5S/c1-23(2,3)30-22(27)25-20(24)18-13-15-16(11-8-12-17(15)31-18)29-19(21(26)28-4)14-9-6-5-7-10-14/h5-13,19H,1-4H3,(H2,24,25,27)/t19-/m0/s1. The molecule has 8 heteroatoms. The van der Waals surface area contributed by atoms with Crippen LogP contribution in [0.25, 0.3) is 10.1 Å². The van der Waals surface area contributed by atoms with Crippen LogP contribution in [0.5, 0.6) is 5.75 Å². The highest BCUT2D eigenvalue weighted by Crippen LogP contribution is 2.35.